The lowest BCUT2D eigenvalue weighted by Crippen LogP contribution is -2.12. The molecule has 0 atom stereocenters. The molecule has 1 amide bonds. The van der Waals surface area contributed by atoms with Crippen molar-refractivity contribution in [3.8, 4) is 22.8 Å². The molecule has 0 unspecified atom stereocenters. The van der Waals surface area contributed by atoms with Gasteiger partial charge in [-0.2, -0.15) is 0 Å². The summed E-state index contributed by atoms with van der Waals surface area (Å²) in [4.78, 5) is 21.9. The highest BCUT2D eigenvalue weighted by Gasteiger charge is 2.14. The number of nitrogens with zero attached hydrogens (tertiary/aromatic N) is 2. The molecule has 1 N–H and O–H groups in total. The molecule has 136 valence electrons. The van der Waals surface area contributed by atoms with E-state index in [9.17, 15) is 4.79 Å². The second kappa shape index (κ2) is 8.29. The maximum Gasteiger partial charge on any atom is 0.226 e. The van der Waals surface area contributed by atoms with Crippen molar-refractivity contribution in [3.63, 3.8) is 0 Å². The van der Waals surface area contributed by atoms with E-state index in [0.29, 0.717) is 29.5 Å². The number of anilines is 1. The number of thiazole rings is 2. The summed E-state index contributed by atoms with van der Waals surface area (Å²) in [6, 6.07) is 5.66. The zero-order valence-corrected chi connectivity index (χ0v) is 16.4. The fourth-order valence-corrected chi connectivity index (χ4v) is 3.93. The number of carbonyl (C=O) groups excluding carboxylic acids is 1. The Morgan fingerprint density at radius 3 is 2.73 bits per heavy atom. The van der Waals surface area contributed by atoms with E-state index in [0.717, 1.165) is 21.8 Å². The predicted octanol–water partition coefficient (Wildman–Crippen LogP) is 4.16. The molecule has 8 heteroatoms. The van der Waals surface area contributed by atoms with Crippen molar-refractivity contribution in [1.29, 1.82) is 0 Å². The number of benzene rings is 1. The Morgan fingerprint density at radius 2 is 2.04 bits per heavy atom. The van der Waals surface area contributed by atoms with E-state index < -0.39 is 0 Å². The fraction of sp³-hybridized carbons (Fsp3) is 0.278. The average Bonchev–Trinajstić information content (AvgIpc) is 3.29. The number of hydrogen-bond donors (Lipinski definition) is 1. The van der Waals surface area contributed by atoms with E-state index >= 15 is 0 Å². The van der Waals surface area contributed by atoms with Gasteiger partial charge in [-0.05, 0) is 31.5 Å². The third-order valence-corrected chi connectivity index (χ3v) is 5.31. The Bertz CT molecular complexity index is 891. The largest absolute Gasteiger partial charge is 0.493 e. The first-order valence-corrected chi connectivity index (χ1v) is 9.73. The molecule has 26 heavy (non-hydrogen) atoms. The second-order valence-electron chi connectivity index (χ2n) is 5.52. The van der Waals surface area contributed by atoms with Gasteiger partial charge in [-0.3, -0.25) is 4.79 Å². The molecule has 3 aromatic rings. The van der Waals surface area contributed by atoms with E-state index in [1.165, 1.54) is 22.7 Å². The minimum Gasteiger partial charge on any atom is -0.493 e. The maximum atomic E-state index is 12.1. The maximum absolute atomic E-state index is 12.1. The summed E-state index contributed by atoms with van der Waals surface area (Å²) < 4.78 is 10.6. The molecule has 0 saturated heterocycles. The highest BCUT2D eigenvalue weighted by Crippen LogP contribution is 2.36. The SMILES string of the molecule is COc1ccc(-c2nc(NC(=O)CCc3cscn3)sc2C)cc1OC. The Labute approximate surface area is 159 Å². The molecule has 2 heterocycles. The number of aromatic nitrogens is 2. The molecule has 0 aliphatic rings. The number of ether oxygens (including phenoxy) is 2. The standard InChI is InChI=1S/C18H19N3O3S2/c1-11-17(12-4-6-14(23-2)15(8-12)24-3)21-18(26-11)20-16(22)7-5-13-9-25-10-19-13/h4,6,8-10H,5,7H2,1-3H3,(H,20,21,22). The van der Waals surface area contributed by atoms with Crippen molar-refractivity contribution in [2.75, 3.05) is 19.5 Å². The average molecular weight is 390 g/mol. The van der Waals surface area contributed by atoms with Gasteiger partial charge >= 0.3 is 0 Å². The normalized spacial score (nSPS) is 10.6. The third-order valence-electron chi connectivity index (χ3n) is 3.79. The van der Waals surface area contributed by atoms with Gasteiger partial charge in [0.25, 0.3) is 0 Å². The number of amides is 1. The quantitative estimate of drug-likeness (QED) is 0.657. The monoisotopic (exact) mass is 389 g/mol. The van der Waals surface area contributed by atoms with Crippen LogP contribution in [0.5, 0.6) is 11.5 Å². The lowest BCUT2D eigenvalue weighted by Gasteiger charge is -2.08. The molecule has 0 fully saturated rings. The van der Waals surface area contributed by atoms with Gasteiger partial charge in [-0.15, -0.1) is 22.7 Å². The summed E-state index contributed by atoms with van der Waals surface area (Å²) in [5.41, 5.74) is 4.45. The minimum atomic E-state index is -0.0642. The smallest absolute Gasteiger partial charge is 0.226 e. The van der Waals surface area contributed by atoms with E-state index in [1.807, 2.05) is 30.5 Å². The number of methoxy groups -OCH3 is 2. The van der Waals surface area contributed by atoms with Crippen molar-refractivity contribution in [3.05, 3.63) is 39.7 Å². The van der Waals surface area contributed by atoms with Crippen LogP contribution in [0.3, 0.4) is 0 Å². The summed E-state index contributed by atoms with van der Waals surface area (Å²) in [5, 5.41) is 5.42. The third kappa shape index (κ3) is 4.20. The van der Waals surface area contributed by atoms with Crippen LogP contribution in [0.25, 0.3) is 11.3 Å². The molecule has 6 nitrogen and oxygen atoms in total. The Hall–Kier alpha value is -2.45. The topological polar surface area (TPSA) is 73.3 Å². The van der Waals surface area contributed by atoms with Gasteiger partial charge in [0, 0.05) is 22.2 Å². The Morgan fingerprint density at radius 1 is 1.23 bits per heavy atom. The molecular formula is C18H19N3O3S2. The van der Waals surface area contributed by atoms with Crippen LogP contribution in [0.1, 0.15) is 17.0 Å². The van der Waals surface area contributed by atoms with Gasteiger partial charge in [0.2, 0.25) is 5.91 Å². The van der Waals surface area contributed by atoms with E-state index in [1.54, 1.807) is 19.7 Å². The van der Waals surface area contributed by atoms with Gasteiger partial charge < -0.3 is 14.8 Å². The van der Waals surface area contributed by atoms with E-state index in [-0.39, 0.29) is 5.91 Å². The molecule has 0 radical (unpaired) electrons. The summed E-state index contributed by atoms with van der Waals surface area (Å²) in [6.07, 6.45) is 1.01. The lowest BCUT2D eigenvalue weighted by atomic mass is 10.1. The van der Waals surface area contributed by atoms with Crippen LogP contribution in [0.15, 0.2) is 29.1 Å². The summed E-state index contributed by atoms with van der Waals surface area (Å²) in [5.74, 6) is 1.25. The minimum absolute atomic E-state index is 0.0642. The van der Waals surface area contributed by atoms with Gasteiger partial charge in [0.1, 0.15) is 0 Å². The Kier molecular flexibility index (Phi) is 5.85. The molecule has 0 aliphatic heterocycles. The predicted molar refractivity (Wildman–Crippen MR) is 104 cm³/mol. The van der Waals surface area contributed by atoms with Crippen LogP contribution < -0.4 is 14.8 Å². The summed E-state index contributed by atoms with van der Waals surface area (Å²) in [6.45, 7) is 1.98. The van der Waals surface area contributed by atoms with Crippen molar-refractivity contribution in [2.24, 2.45) is 0 Å². The highest BCUT2D eigenvalue weighted by molar-refractivity contribution is 7.16. The number of nitrogens with one attached hydrogen (secondary N) is 1. The van der Waals surface area contributed by atoms with Crippen LogP contribution in [-0.2, 0) is 11.2 Å². The van der Waals surface area contributed by atoms with Gasteiger partial charge in [-0.1, -0.05) is 0 Å². The molecule has 0 bridgehead atoms. The first-order chi connectivity index (χ1) is 12.6. The first kappa shape index (κ1) is 18.3. The van der Waals surface area contributed by atoms with Gasteiger partial charge in [0.15, 0.2) is 16.6 Å². The fourth-order valence-electron chi connectivity index (χ4n) is 2.49. The molecule has 0 saturated carbocycles. The number of hydrogen-bond acceptors (Lipinski definition) is 7. The number of rotatable bonds is 7. The Balaban J connectivity index is 1.71. The number of aryl methyl sites for hydroxylation is 2. The van der Waals surface area contributed by atoms with Crippen molar-refractivity contribution in [2.45, 2.75) is 19.8 Å². The molecule has 0 aliphatic carbocycles. The molecule has 0 spiro atoms. The van der Waals surface area contributed by atoms with Crippen LogP contribution in [0.2, 0.25) is 0 Å². The van der Waals surface area contributed by atoms with Crippen LogP contribution in [0.4, 0.5) is 5.13 Å². The lowest BCUT2D eigenvalue weighted by molar-refractivity contribution is -0.116. The highest BCUT2D eigenvalue weighted by atomic mass is 32.1. The van der Waals surface area contributed by atoms with Crippen LogP contribution in [0, 0.1) is 6.92 Å². The molecule has 1 aromatic carbocycles. The van der Waals surface area contributed by atoms with Crippen molar-refractivity contribution < 1.29 is 14.3 Å². The zero-order valence-electron chi connectivity index (χ0n) is 14.7. The second-order valence-corrected chi connectivity index (χ2v) is 7.44. The molecule has 3 rings (SSSR count). The zero-order chi connectivity index (χ0) is 18.5. The molecular weight excluding hydrogens is 370 g/mol. The first-order valence-electron chi connectivity index (χ1n) is 7.97. The summed E-state index contributed by atoms with van der Waals surface area (Å²) in [7, 11) is 3.20. The van der Waals surface area contributed by atoms with Crippen LogP contribution in [-0.4, -0.2) is 30.1 Å². The number of carbonyl (C=O) groups is 1. The van der Waals surface area contributed by atoms with Crippen molar-refractivity contribution >= 4 is 33.7 Å². The van der Waals surface area contributed by atoms with Gasteiger partial charge in [0.05, 0.1) is 31.1 Å². The van der Waals surface area contributed by atoms with Gasteiger partial charge in [-0.25, -0.2) is 9.97 Å². The van der Waals surface area contributed by atoms with E-state index in [2.05, 4.69) is 15.3 Å². The molecule has 2 aromatic heterocycles. The van der Waals surface area contributed by atoms with E-state index in [4.69, 9.17) is 9.47 Å². The van der Waals surface area contributed by atoms with Crippen LogP contribution >= 0.6 is 22.7 Å². The van der Waals surface area contributed by atoms with Crippen molar-refractivity contribution in [1.82, 2.24) is 9.97 Å². The summed E-state index contributed by atoms with van der Waals surface area (Å²) >= 11 is 2.99.